The highest BCUT2D eigenvalue weighted by molar-refractivity contribution is 5.92. The summed E-state index contributed by atoms with van der Waals surface area (Å²) >= 11 is 0. The molecule has 0 spiro atoms. The standard InChI is InChI=1S/C15H20N2O4/c1-4-14-16-12-7-10(15(18)19)5-6-13(12)17(14)8-11(21-3)9-20-2/h5-7,11H,4,8-9H2,1-3H3,(H,18,19). The molecule has 0 amide bonds. The van der Waals surface area contributed by atoms with Gasteiger partial charge in [-0.3, -0.25) is 0 Å². The van der Waals surface area contributed by atoms with E-state index in [1.165, 1.54) is 0 Å². The van der Waals surface area contributed by atoms with Gasteiger partial charge >= 0.3 is 5.97 Å². The van der Waals surface area contributed by atoms with Gasteiger partial charge < -0.3 is 19.1 Å². The van der Waals surface area contributed by atoms with E-state index in [1.807, 2.05) is 6.92 Å². The molecule has 2 aromatic rings. The molecule has 6 heteroatoms. The molecule has 0 bridgehead atoms. The van der Waals surface area contributed by atoms with Crippen LogP contribution in [0.25, 0.3) is 11.0 Å². The number of benzene rings is 1. The van der Waals surface area contributed by atoms with E-state index in [0.29, 0.717) is 18.7 Å². The number of carboxylic acids is 1. The molecule has 1 atom stereocenters. The zero-order valence-corrected chi connectivity index (χ0v) is 12.5. The largest absolute Gasteiger partial charge is 0.478 e. The van der Waals surface area contributed by atoms with E-state index >= 15 is 0 Å². The normalized spacial score (nSPS) is 12.7. The van der Waals surface area contributed by atoms with Crippen molar-refractivity contribution < 1.29 is 19.4 Å². The van der Waals surface area contributed by atoms with E-state index in [9.17, 15) is 4.79 Å². The number of hydrogen-bond acceptors (Lipinski definition) is 4. The minimum absolute atomic E-state index is 0.0724. The van der Waals surface area contributed by atoms with Gasteiger partial charge in [-0.15, -0.1) is 0 Å². The number of carbonyl (C=O) groups is 1. The van der Waals surface area contributed by atoms with Crippen molar-refractivity contribution in [2.24, 2.45) is 0 Å². The molecule has 114 valence electrons. The fourth-order valence-electron chi connectivity index (χ4n) is 2.37. The quantitative estimate of drug-likeness (QED) is 0.844. The van der Waals surface area contributed by atoms with E-state index in [2.05, 4.69) is 9.55 Å². The first kappa shape index (κ1) is 15.5. The molecule has 6 nitrogen and oxygen atoms in total. The van der Waals surface area contributed by atoms with Gasteiger partial charge in [0.2, 0.25) is 0 Å². The lowest BCUT2D eigenvalue weighted by Gasteiger charge is -2.17. The molecule has 1 aromatic heterocycles. The Labute approximate surface area is 123 Å². The molecule has 0 aliphatic rings. The zero-order valence-electron chi connectivity index (χ0n) is 12.5. The van der Waals surface area contributed by atoms with Crippen LogP contribution in [0.15, 0.2) is 18.2 Å². The Bertz CT molecular complexity index is 636. The smallest absolute Gasteiger partial charge is 0.335 e. The Hall–Kier alpha value is -1.92. The summed E-state index contributed by atoms with van der Waals surface area (Å²) in [6.07, 6.45) is 0.692. The highest BCUT2D eigenvalue weighted by Gasteiger charge is 2.16. The molecule has 0 saturated heterocycles. The number of carboxylic acid groups (broad SMARTS) is 1. The third-order valence-electron chi connectivity index (χ3n) is 3.46. The average Bonchev–Trinajstić information content (AvgIpc) is 2.83. The Kier molecular flexibility index (Phi) is 4.93. The minimum Gasteiger partial charge on any atom is -0.478 e. The van der Waals surface area contributed by atoms with Crippen LogP contribution >= 0.6 is 0 Å². The highest BCUT2D eigenvalue weighted by Crippen LogP contribution is 2.19. The summed E-state index contributed by atoms with van der Waals surface area (Å²) in [6.45, 7) is 3.14. The zero-order chi connectivity index (χ0) is 15.4. The molecule has 1 heterocycles. The molecule has 1 N–H and O–H groups in total. The summed E-state index contributed by atoms with van der Waals surface area (Å²) in [7, 11) is 3.29. The van der Waals surface area contributed by atoms with Gasteiger partial charge in [0.05, 0.1) is 35.9 Å². The van der Waals surface area contributed by atoms with Crippen LogP contribution in [0.1, 0.15) is 23.1 Å². The predicted molar refractivity (Wildman–Crippen MR) is 78.7 cm³/mol. The maximum atomic E-state index is 11.0. The molecule has 0 aliphatic heterocycles. The summed E-state index contributed by atoms with van der Waals surface area (Å²) in [4.78, 5) is 15.6. The second kappa shape index (κ2) is 6.69. The van der Waals surface area contributed by atoms with Gasteiger partial charge in [-0.25, -0.2) is 9.78 Å². The van der Waals surface area contributed by atoms with Crippen molar-refractivity contribution in [2.45, 2.75) is 26.0 Å². The Morgan fingerprint density at radius 2 is 2.19 bits per heavy atom. The van der Waals surface area contributed by atoms with Crippen molar-refractivity contribution in [2.75, 3.05) is 20.8 Å². The molecule has 0 fully saturated rings. The van der Waals surface area contributed by atoms with E-state index < -0.39 is 5.97 Å². The Morgan fingerprint density at radius 1 is 1.43 bits per heavy atom. The van der Waals surface area contributed by atoms with Gasteiger partial charge in [-0.05, 0) is 18.2 Å². The fourth-order valence-corrected chi connectivity index (χ4v) is 2.37. The van der Waals surface area contributed by atoms with Crippen molar-refractivity contribution in [1.82, 2.24) is 9.55 Å². The van der Waals surface area contributed by atoms with Crippen molar-refractivity contribution in [1.29, 1.82) is 0 Å². The molecule has 1 aromatic carbocycles. The van der Waals surface area contributed by atoms with E-state index in [1.54, 1.807) is 32.4 Å². The van der Waals surface area contributed by atoms with Gasteiger partial charge in [0.25, 0.3) is 0 Å². The van der Waals surface area contributed by atoms with Gasteiger partial charge in [0.1, 0.15) is 5.82 Å². The van der Waals surface area contributed by atoms with Crippen LogP contribution in [-0.4, -0.2) is 47.6 Å². The van der Waals surface area contributed by atoms with E-state index in [4.69, 9.17) is 14.6 Å². The molecular weight excluding hydrogens is 272 g/mol. The number of aryl methyl sites for hydroxylation is 1. The number of rotatable bonds is 7. The van der Waals surface area contributed by atoms with Crippen LogP contribution in [0.4, 0.5) is 0 Å². The van der Waals surface area contributed by atoms with Crippen molar-refractivity contribution >= 4 is 17.0 Å². The summed E-state index contributed by atoms with van der Waals surface area (Å²) in [5.41, 5.74) is 1.85. The number of nitrogens with zero attached hydrogens (tertiary/aromatic N) is 2. The number of ether oxygens (including phenoxy) is 2. The SMILES string of the molecule is CCc1nc2cc(C(=O)O)ccc2n1CC(COC)OC. The maximum absolute atomic E-state index is 11.0. The molecule has 0 aliphatic carbocycles. The van der Waals surface area contributed by atoms with E-state index in [-0.39, 0.29) is 11.7 Å². The lowest BCUT2D eigenvalue weighted by molar-refractivity contribution is 0.0186. The highest BCUT2D eigenvalue weighted by atomic mass is 16.5. The van der Waals surface area contributed by atoms with E-state index in [0.717, 1.165) is 17.8 Å². The molecule has 0 saturated carbocycles. The van der Waals surface area contributed by atoms with Crippen LogP contribution in [-0.2, 0) is 22.4 Å². The first-order chi connectivity index (χ1) is 10.1. The van der Waals surface area contributed by atoms with Crippen LogP contribution in [0.3, 0.4) is 0 Å². The third-order valence-corrected chi connectivity index (χ3v) is 3.46. The molecule has 0 radical (unpaired) electrons. The molecular formula is C15H20N2O4. The summed E-state index contributed by atoms with van der Waals surface area (Å²) in [5, 5.41) is 9.06. The fraction of sp³-hybridized carbons (Fsp3) is 0.467. The Morgan fingerprint density at radius 3 is 2.76 bits per heavy atom. The Balaban J connectivity index is 2.43. The lowest BCUT2D eigenvalue weighted by atomic mass is 10.2. The van der Waals surface area contributed by atoms with Crippen molar-refractivity contribution in [3.05, 3.63) is 29.6 Å². The lowest BCUT2D eigenvalue weighted by Crippen LogP contribution is -2.24. The first-order valence-electron chi connectivity index (χ1n) is 6.84. The number of imidazole rings is 1. The van der Waals surface area contributed by atoms with Crippen molar-refractivity contribution in [3.8, 4) is 0 Å². The number of hydrogen-bond donors (Lipinski definition) is 1. The third kappa shape index (κ3) is 3.22. The van der Waals surface area contributed by atoms with Gasteiger partial charge in [0.15, 0.2) is 0 Å². The van der Waals surface area contributed by atoms with Gasteiger partial charge in [0, 0.05) is 20.6 Å². The summed E-state index contributed by atoms with van der Waals surface area (Å²) in [5.74, 6) is -0.0376. The number of methoxy groups -OCH3 is 2. The van der Waals surface area contributed by atoms with Gasteiger partial charge in [-0.2, -0.15) is 0 Å². The second-order valence-corrected chi connectivity index (χ2v) is 4.81. The number of aromatic carboxylic acids is 1. The predicted octanol–water partition coefficient (Wildman–Crippen LogP) is 1.96. The monoisotopic (exact) mass is 292 g/mol. The minimum atomic E-state index is -0.946. The van der Waals surface area contributed by atoms with Crippen LogP contribution in [0, 0.1) is 0 Å². The van der Waals surface area contributed by atoms with Gasteiger partial charge in [-0.1, -0.05) is 6.92 Å². The number of fused-ring (bicyclic) bond motifs is 1. The second-order valence-electron chi connectivity index (χ2n) is 4.81. The van der Waals surface area contributed by atoms with Crippen LogP contribution in [0.5, 0.6) is 0 Å². The number of aromatic nitrogens is 2. The first-order valence-corrected chi connectivity index (χ1v) is 6.84. The summed E-state index contributed by atoms with van der Waals surface area (Å²) < 4.78 is 12.6. The average molecular weight is 292 g/mol. The van der Waals surface area contributed by atoms with Crippen molar-refractivity contribution in [3.63, 3.8) is 0 Å². The maximum Gasteiger partial charge on any atom is 0.335 e. The van der Waals surface area contributed by atoms with Crippen LogP contribution < -0.4 is 0 Å². The summed E-state index contributed by atoms with van der Waals surface area (Å²) in [6, 6.07) is 5.00. The van der Waals surface area contributed by atoms with Crippen LogP contribution in [0.2, 0.25) is 0 Å². The molecule has 1 unspecified atom stereocenters. The molecule has 2 rings (SSSR count). The molecule has 21 heavy (non-hydrogen) atoms. The topological polar surface area (TPSA) is 73.6 Å².